The smallest absolute Gasteiger partial charge is 0.255 e. The van der Waals surface area contributed by atoms with Crippen LogP contribution in [0.15, 0.2) is 59.6 Å². The maximum atomic E-state index is 13.1. The molecular formula is C32H45N2O3S+. The monoisotopic (exact) mass is 537 g/mol. The summed E-state index contributed by atoms with van der Waals surface area (Å²) < 4.78 is 13.8. The second-order valence-corrected chi connectivity index (χ2v) is 10.7. The van der Waals surface area contributed by atoms with Gasteiger partial charge in [0, 0.05) is 11.1 Å². The molecule has 0 bridgehead atoms. The number of unbranched alkanes of at least 4 members (excludes halogenated alkanes) is 11. The summed E-state index contributed by atoms with van der Waals surface area (Å²) in [5.74, 6) is 1.06. The van der Waals surface area contributed by atoms with Gasteiger partial charge in [-0.05, 0) is 30.7 Å². The molecule has 0 saturated carbocycles. The van der Waals surface area contributed by atoms with E-state index in [0.717, 1.165) is 24.9 Å². The van der Waals surface area contributed by atoms with Crippen molar-refractivity contribution in [3.05, 3.63) is 70.7 Å². The molecule has 0 radical (unpaired) electrons. The molecule has 5 nitrogen and oxygen atoms in total. The van der Waals surface area contributed by atoms with E-state index in [2.05, 4.69) is 22.3 Å². The number of ether oxygens (including phenoxy) is 2. The first-order valence-corrected chi connectivity index (χ1v) is 15.3. The normalized spacial score (nSPS) is 10.9. The van der Waals surface area contributed by atoms with Crippen molar-refractivity contribution in [1.82, 2.24) is 0 Å². The van der Waals surface area contributed by atoms with Crippen molar-refractivity contribution >= 4 is 22.9 Å². The zero-order valence-electron chi connectivity index (χ0n) is 23.3. The summed E-state index contributed by atoms with van der Waals surface area (Å²) in [6, 6.07) is 13.3. The van der Waals surface area contributed by atoms with Crippen molar-refractivity contribution in [3.8, 4) is 11.5 Å². The predicted molar refractivity (Wildman–Crippen MR) is 158 cm³/mol. The number of rotatable bonds is 19. The highest BCUT2D eigenvalue weighted by atomic mass is 32.1. The lowest BCUT2D eigenvalue weighted by Crippen LogP contribution is -2.30. The first-order chi connectivity index (χ1) is 18.7. The molecule has 1 heterocycles. The van der Waals surface area contributed by atoms with Crippen LogP contribution in [0.2, 0.25) is 0 Å². The maximum absolute atomic E-state index is 13.1. The van der Waals surface area contributed by atoms with Crippen LogP contribution in [0.25, 0.3) is 0 Å². The molecule has 1 N–H and O–H groups in total. The predicted octanol–water partition coefficient (Wildman–Crippen LogP) is 8.42. The van der Waals surface area contributed by atoms with Gasteiger partial charge in [-0.15, -0.1) is 0 Å². The molecule has 38 heavy (non-hydrogen) atoms. The molecule has 0 aliphatic heterocycles. The zero-order chi connectivity index (χ0) is 26.8. The maximum Gasteiger partial charge on any atom is 0.255 e. The standard InChI is InChI=1S/C32H44N2O3S/c1-3-4-5-6-7-8-9-10-11-12-13-14-22-37-31-29(19-16-20-30(31)36-2)33-32(35)28-18-15-17-27(24-28)25-34-21-23-38-26-34/h15-21,23-24,26H,3-14,22,25H2,1-2H3/p+1. The Morgan fingerprint density at radius 2 is 1.58 bits per heavy atom. The molecule has 0 atom stereocenters. The molecule has 0 aliphatic rings. The van der Waals surface area contributed by atoms with Gasteiger partial charge in [0.1, 0.15) is 0 Å². The summed E-state index contributed by atoms with van der Waals surface area (Å²) in [6.45, 7) is 3.61. The molecule has 0 aliphatic carbocycles. The van der Waals surface area contributed by atoms with Crippen LogP contribution in [0, 0.1) is 0 Å². The molecular weight excluding hydrogens is 492 g/mol. The lowest BCUT2D eigenvalue weighted by atomic mass is 10.1. The average Bonchev–Trinajstić information content (AvgIpc) is 3.45. The van der Waals surface area contributed by atoms with Gasteiger partial charge in [-0.3, -0.25) is 4.79 Å². The Bertz CT molecular complexity index is 1070. The van der Waals surface area contributed by atoms with Gasteiger partial charge in [-0.1, -0.05) is 107 Å². The van der Waals surface area contributed by atoms with Crippen molar-refractivity contribution in [1.29, 1.82) is 0 Å². The van der Waals surface area contributed by atoms with E-state index in [1.807, 2.05) is 54.0 Å². The Morgan fingerprint density at radius 3 is 2.24 bits per heavy atom. The fourth-order valence-electron chi connectivity index (χ4n) is 4.61. The lowest BCUT2D eigenvalue weighted by molar-refractivity contribution is -0.683. The van der Waals surface area contributed by atoms with E-state index in [-0.39, 0.29) is 5.91 Å². The number of nitrogens with one attached hydrogen (secondary N) is 1. The summed E-state index contributed by atoms with van der Waals surface area (Å²) in [4.78, 5) is 13.1. The minimum atomic E-state index is -0.161. The highest BCUT2D eigenvalue weighted by Crippen LogP contribution is 2.35. The van der Waals surface area contributed by atoms with Crippen LogP contribution < -0.4 is 19.4 Å². The van der Waals surface area contributed by atoms with Crippen molar-refractivity contribution < 1.29 is 18.8 Å². The van der Waals surface area contributed by atoms with Crippen molar-refractivity contribution in [3.63, 3.8) is 0 Å². The number of anilines is 1. The molecule has 206 valence electrons. The molecule has 2 aromatic carbocycles. The number of para-hydroxylation sites is 1. The summed E-state index contributed by atoms with van der Waals surface area (Å²) >= 11 is 1.65. The number of nitrogens with zero attached hydrogens (tertiary/aromatic N) is 1. The number of hydrogen-bond acceptors (Lipinski definition) is 4. The van der Waals surface area contributed by atoms with E-state index >= 15 is 0 Å². The van der Waals surface area contributed by atoms with E-state index in [9.17, 15) is 4.79 Å². The minimum absolute atomic E-state index is 0.161. The van der Waals surface area contributed by atoms with Gasteiger partial charge in [0.2, 0.25) is 5.51 Å². The van der Waals surface area contributed by atoms with E-state index in [1.165, 1.54) is 64.2 Å². The van der Waals surface area contributed by atoms with Gasteiger partial charge in [-0.2, -0.15) is 4.57 Å². The number of benzene rings is 2. The Morgan fingerprint density at radius 1 is 0.895 bits per heavy atom. The summed E-state index contributed by atoms with van der Waals surface area (Å²) in [5, 5.41) is 5.08. The molecule has 0 saturated heterocycles. The number of carbonyl (C=O) groups excluding carboxylic acids is 1. The van der Waals surface area contributed by atoms with Gasteiger partial charge in [-0.25, -0.2) is 0 Å². The van der Waals surface area contributed by atoms with Gasteiger partial charge in [0.15, 0.2) is 24.2 Å². The van der Waals surface area contributed by atoms with Gasteiger partial charge >= 0.3 is 0 Å². The summed E-state index contributed by atoms with van der Waals surface area (Å²) in [7, 11) is 1.63. The first-order valence-electron chi connectivity index (χ1n) is 14.3. The second-order valence-electron chi connectivity index (χ2n) is 9.93. The Labute approximate surface area is 233 Å². The molecule has 1 aromatic heterocycles. The van der Waals surface area contributed by atoms with Crippen molar-refractivity contribution in [2.75, 3.05) is 19.0 Å². The Hall–Kier alpha value is -2.86. The fraction of sp³-hybridized carbons (Fsp3) is 0.500. The van der Waals surface area contributed by atoms with Crippen molar-refractivity contribution in [2.24, 2.45) is 0 Å². The van der Waals surface area contributed by atoms with Crippen LogP contribution in [-0.4, -0.2) is 19.6 Å². The highest BCUT2D eigenvalue weighted by Gasteiger charge is 2.15. The zero-order valence-corrected chi connectivity index (χ0v) is 24.1. The molecule has 1 amide bonds. The van der Waals surface area contributed by atoms with Crippen molar-refractivity contribution in [2.45, 2.75) is 90.5 Å². The molecule has 0 fully saturated rings. The van der Waals surface area contributed by atoms with Crippen LogP contribution in [0.4, 0.5) is 5.69 Å². The van der Waals surface area contributed by atoms with Gasteiger partial charge in [0.25, 0.3) is 5.91 Å². The third-order valence-electron chi connectivity index (χ3n) is 6.77. The van der Waals surface area contributed by atoms with Crippen LogP contribution >= 0.6 is 11.3 Å². The van der Waals surface area contributed by atoms with E-state index in [1.54, 1.807) is 18.4 Å². The van der Waals surface area contributed by atoms with Crippen LogP contribution in [-0.2, 0) is 6.54 Å². The quantitative estimate of drug-likeness (QED) is 0.123. The second kappa shape index (κ2) is 17.6. The van der Waals surface area contributed by atoms with E-state index < -0.39 is 0 Å². The van der Waals surface area contributed by atoms with Crippen LogP contribution in [0.3, 0.4) is 0 Å². The number of methoxy groups -OCH3 is 1. The van der Waals surface area contributed by atoms with E-state index in [4.69, 9.17) is 9.47 Å². The number of carbonyl (C=O) groups is 1. The number of hydrogen-bond donors (Lipinski definition) is 1. The number of thiazole rings is 1. The van der Waals surface area contributed by atoms with Crippen LogP contribution in [0.5, 0.6) is 11.5 Å². The molecule has 3 aromatic rings. The SMILES string of the molecule is CCCCCCCCCCCCCCOc1c(NC(=O)c2cccc(C[n+]3ccsc3)c2)cccc1OC. The largest absolute Gasteiger partial charge is 0.493 e. The topological polar surface area (TPSA) is 51.4 Å². The summed E-state index contributed by atoms with van der Waals surface area (Å²) in [5.41, 5.74) is 4.39. The first kappa shape index (κ1) is 29.7. The third-order valence-corrected chi connectivity index (χ3v) is 7.44. The molecule has 0 unspecified atom stereocenters. The molecule has 3 rings (SSSR count). The Balaban J connectivity index is 1.43. The van der Waals surface area contributed by atoms with Gasteiger partial charge in [0.05, 0.1) is 24.8 Å². The minimum Gasteiger partial charge on any atom is -0.493 e. The summed E-state index contributed by atoms with van der Waals surface area (Å²) in [6.07, 6.45) is 17.7. The van der Waals surface area contributed by atoms with E-state index in [0.29, 0.717) is 29.4 Å². The molecule has 6 heteroatoms. The Kier molecular flexibility index (Phi) is 13.8. The third kappa shape index (κ3) is 10.5. The average molecular weight is 538 g/mol. The van der Waals surface area contributed by atoms with Gasteiger partial charge < -0.3 is 14.8 Å². The van der Waals surface area contributed by atoms with Crippen LogP contribution in [0.1, 0.15) is 99.9 Å². The highest BCUT2D eigenvalue weighted by molar-refractivity contribution is 7.07. The lowest BCUT2D eigenvalue weighted by Gasteiger charge is -2.16. The molecule has 0 spiro atoms. The number of aromatic nitrogens is 1. The number of amides is 1. The fourth-order valence-corrected chi connectivity index (χ4v) is 5.21.